The monoisotopic (exact) mass is 706 g/mol. The van der Waals surface area contributed by atoms with E-state index in [1.54, 1.807) is 50.2 Å². The summed E-state index contributed by atoms with van der Waals surface area (Å²) >= 11 is 23.6. The van der Waals surface area contributed by atoms with Crippen LogP contribution in [0.4, 0.5) is 11.4 Å². The third-order valence-corrected chi connectivity index (χ3v) is 7.90. The van der Waals surface area contributed by atoms with E-state index in [1.165, 1.54) is 14.2 Å². The number of hydrogen-bond acceptors (Lipinski definition) is 8. The van der Waals surface area contributed by atoms with Crippen LogP contribution in [-0.2, 0) is 28.7 Å². The molecule has 2 aromatic rings. The molecule has 4 N–H and O–H groups in total. The van der Waals surface area contributed by atoms with E-state index < -0.39 is 36.1 Å². The normalized spacial score (nSPS) is 13.1. The fourth-order valence-corrected chi connectivity index (χ4v) is 4.47. The third-order valence-electron chi connectivity index (χ3n) is 6.42. The van der Waals surface area contributed by atoms with Crippen LogP contribution in [0.5, 0.6) is 0 Å². The number of methoxy groups -OCH3 is 2. The maximum Gasteiger partial charge on any atom is 0.328 e. The van der Waals surface area contributed by atoms with Gasteiger partial charge in [0.25, 0.3) is 0 Å². The summed E-state index contributed by atoms with van der Waals surface area (Å²) in [5.74, 6) is -1.47. The van der Waals surface area contributed by atoms with Crippen molar-refractivity contribution in [1.82, 2.24) is 10.6 Å². The maximum absolute atomic E-state index is 12.3. The van der Waals surface area contributed by atoms with Gasteiger partial charge in [0.2, 0.25) is 11.8 Å². The quantitative estimate of drug-likeness (QED) is 0.147. The average molecular weight is 709 g/mol. The van der Waals surface area contributed by atoms with Gasteiger partial charge in [-0.3, -0.25) is 9.59 Å². The highest BCUT2D eigenvalue weighted by molar-refractivity contribution is 6.42. The highest BCUT2D eigenvalue weighted by atomic mass is 35.5. The summed E-state index contributed by atoms with van der Waals surface area (Å²) in [4.78, 5) is 47.8. The predicted octanol–water partition coefficient (Wildman–Crippen LogP) is 6.89. The molecule has 2 rings (SSSR count). The lowest BCUT2D eigenvalue weighted by molar-refractivity contribution is -0.145. The van der Waals surface area contributed by atoms with E-state index in [1.807, 2.05) is 13.8 Å². The van der Waals surface area contributed by atoms with Crippen LogP contribution in [0.2, 0.25) is 20.1 Å². The summed E-state index contributed by atoms with van der Waals surface area (Å²) < 4.78 is 9.42. The van der Waals surface area contributed by atoms with Gasteiger partial charge < -0.3 is 30.7 Å². The van der Waals surface area contributed by atoms with E-state index >= 15 is 0 Å². The van der Waals surface area contributed by atoms with Crippen LogP contribution in [0.25, 0.3) is 0 Å². The molecule has 0 bridgehead atoms. The van der Waals surface area contributed by atoms with Crippen molar-refractivity contribution < 1.29 is 28.7 Å². The Morgan fingerprint density at radius 1 is 0.644 bits per heavy atom. The Morgan fingerprint density at radius 2 is 1.04 bits per heavy atom. The van der Waals surface area contributed by atoms with Crippen molar-refractivity contribution in [2.24, 2.45) is 0 Å². The average Bonchev–Trinajstić information content (AvgIpc) is 3.01. The number of benzene rings is 2. The number of amides is 2. The van der Waals surface area contributed by atoms with Crippen LogP contribution >= 0.6 is 46.4 Å². The van der Waals surface area contributed by atoms with Gasteiger partial charge in [-0.15, -0.1) is 0 Å². The molecule has 250 valence electrons. The van der Waals surface area contributed by atoms with Crippen molar-refractivity contribution in [2.75, 3.05) is 24.9 Å². The Hall–Kier alpha value is -2.92. The molecule has 0 aliphatic rings. The van der Waals surface area contributed by atoms with Gasteiger partial charge in [0.1, 0.15) is 24.2 Å². The van der Waals surface area contributed by atoms with Gasteiger partial charge in [0, 0.05) is 11.4 Å². The number of carbonyl (C=O) groups is 4. The topological polar surface area (TPSA) is 135 Å². The number of unbranched alkanes of at least 4 members (excludes halogenated alkanes) is 1. The first-order valence-electron chi connectivity index (χ1n) is 14.5. The number of hydrogen-bond donors (Lipinski definition) is 4. The molecule has 45 heavy (non-hydrogen) atoms. The van der Waals surface area contributed by atoms with E-state index in [-0.39, 0.29) is 11.8 Å². The first-order chi connectivity index (χ1) is 21.3. The van der Waals surface area contributed by atoms with E-state index in [0.29, 0.717) is 44.3 Å². The Bertz CT molecular complexity index is 1280. The fourth-order valence-electron chi connectivity index (χ4n) is 3.88. The van der Waals surface area contributed by atoms with Gasteiger partial charge in [-0.2, -0.15) is 0 Å². The lowest BCUT2D eigenvalue weighted by atomic mass is 10.1. The third kappa shape index (κ3) is 14.4. The molecule has 0 radical (unpaired) electrons. The van der Waals surface area contributed by atoms with Gasteiger partial charge in [0.05, 0.1) is 34.3 Å². The molecule has 0 saturated heterocycles. The molecule has 2 aromatic carbocycles. The van der Waals surface area contributed by atoms with E-state index in [9.17, 15) is 19.2 Å². The number of ether oxygens (including phenoxy) is 2. The van der Waals surface area contributed by atoms with E-state index in [2.05, 4.69) is 26.0 Å². The van der Waals surface area contributed by atoms with Gasteiger partial charge in [0.15, 0.2) is 0 Å². The summed E-state index contributed by atoms with van der Waals surface area (Å²) in [5.41, 5.74) is 1.34. The fraction of sp³-hybridized carbons (Fsp3) is 0.484. The summed E-state index contributed by atoms with van der Waals surface area (Å²) in [7, 11) is 2.61. The molecule has 4 atom stereocenters. The summed E-state index contributed by atoms with van der Waals surface area (Å²) in [5, 5.41) is 13.1. The molecule has 0 heterocycles. The number of carbonyl (C=O) groups excluding carboxylic acids is 4. The molecular weight excluding hydrogens is 666 g/mol. The molecule has 0 spiro atoms. The van der Waals surface area contributed by atoms with Crippen LogP contribution in [0.3, 0.4) is 0 Å². The predicted molar refractivity (Wildman–Crippen MR) is 181 cm³/mol. The SMILES string of the molecule is CCCC(NC(=O)[C@H](C)Nc1ccc(Cl)c(Cl)c1)C(=O)OC.CCCCC(NC(=O)[C@H](C)Nc1ccc(Cl)c(Cl)c1)C(=O)OC. The number of nitrogens with one attached hydrogen (secondary N) is 4. The van der Waals surface area contributed by atoms with E-state index in [4.69, 9.17) is 51.1 Å². The number of rotatable bonds is 15. The zero-order valence-electron chi connectivity index (χ0n) is 26.3. The molecule has 0 aliphatic carbocycles. The molecule has 0 fully saturated rings. The molecule has 14 heteroatoms. The largest absolute Gasteiger partial charge is 0.467 e. The minimum absolute atomic E-state index is 0.289. The van der Waals surface area contributed by atoms with Crippen molar-refractivity contribution in [3.05, 3.63) is 56.5 Å². The van der Waals surface area contributed by atoms with Crippen LogP contribution in [-0.4, -0.2) is 62.1 Å². The van der Waals surface area contributed by atoms with Crippen molar-refractivity contribution in [1.29, 1.82) is 0 Å². The summed E-state index contributed by atoms with van der Waals surface area (Å²) in [6.07, 6.45) is 3.59. The standard InChI is InChI=1S/C16H22Cl2N2O3.C15H20Cl2N2O3/c1-4-5-6-14(16(22)23-3)20-15(21)10(2)19-11-7-8-12(17)13(18)9-11;1-4-5-13(15(21)22-3)19-14(20)9(2)18-10-6-7-11(16)12(17)8-10/h7-10,14,19H,4-6H2,1-3H3,(H,20,21);6-9,13,18H,4-5H2,1-3H3,(H,19,20)/t10-,14?;9-,13?/m00/s1. The molecule has 2 unspecified atom stereocenters. The van der Waals surface area contributed by atoms with Crippen molar-refractivity contribution in [3.63, 3.8) is 0 Å². The smallest absolute Gasteiger partial charge is 0.328 e. The first kappa shape index (κ1) is 40.1. The molecule has 0 aliphatic heterocycles. The summed E-state index contributed by atoms with van der Waals surface area (Å²) in [6.45, 7) is 7.34. The summed E-state index contributed by atoms with van der Waals surface area (Å²) in [6, 6.07) is 7.67. The van der Waals surface area contributed by atoms with Gasteiger partial charge in [-0.1, -0.05) is 79.5 Å². The van der Waals surface area contributed by atoms with Crippen molar-refractivity contribution >= 4 is 81.5 Å². The van der Waals surface area contributed by atoms with Gasteiger partial charge in [-0.25, -0.2) is 9.59 Å². The second-order valence-electron chi connectivity index (χ2n) is 10.1. The van der Waals surface area contributed by atoms with Gasteiger partial charge >= 0.3 is 11.9 Å². The Kier molecular flexibility index (Phi) is 18.7. The second kappa shape index (κ2) is 21.0. The van der Waals surface area contributed by atoms with E-state index in [0.717, 1.165) is 19.3 Å². The van der Waals surface area contributed by atoms with Crippen LogP contribution in [0.1, 0.15) is 59.8 Å². The highest BCUT2D eigenvalue weighted by Crippen LogP contribution is 2.26. The molecule has 0 saturated carbocycles. The van der Waals surface area contributed by atoms with Crippen molar-refractivity contribution in [3.8, 4) is 0 Å². The molecule has 2 amide bonds. The number of anilines is 2. The minimum atomic E-state index is -0.638. The molecule has 10 nitrogen and oxygen atoms in total. The zero-order chi connectivity index (χ0) is 34.1. The second-order valence-corrected chi connectivity index (χ2v) is 11.7. The van der Waals surface area contributed by atoms with Crippen LogP contribution in [0.15, 0.2) is 36.4 Å². The van der Waals surface area contributed by atoms with Gasteiger partial charge in [-0.05, 0) is 63.1 Å². The maximum atomic E-state index is 12.3. The first-order valence-corrected chi connectivity index (χ1v) is 16.0. The lowest BCUT2D eigenvalue weighted by Crippen LogP contribution is -2.47. The highest BCUT2D eigenvalue weighted by Gasteiger charge is 2.24. The Labute approximate surface area is 285 Å². The number of halogens is 4. The lowest BCUT2D eigenvalue weighted by Gasteiger charge is -2.20. The van der Waals surface area contributed by atoms with Crippen LogP contribution in [0, 0.1) is 0 Å². The van der Waals surface area contributed by atoms with Crippen molar-refractivity contribution in [2.45, 2.75) is 84.0 Å². The Morgan fingerprint density at radius 3 is 1.38 bits per heavy atom. The number of esters is 2. The molecule has 0 aromatic heterocycles. The molecular formula is C31H42Cl4N4O6. The van der Waals surface area contributed by atoms with Crippen LogP contribution < -0.4 is 21.3 Å². The Balaban J connectivity index is 0.000000450. The minimum Gasteiger partial charge on any atom is -0.467 e. The zero-order valence-corrected chi connectivity index (χ0v) is 29.3.